The number of nitrogens with two attached hydrogens (primary N) is 1. The first-order valence-corrected chi connectivity index (χ1v) is 10.2. The number of nitrogens with one attached hydrogen (secondary N) is 1. The van der Waals surface area contributed by atoms with Crippen LogP contribution in [0.25, 0.3) is 10.8 Å². The van der Waals surface area contributed by atoms with E-state index in [0.29, 0.717) is 5.56 Å². The molecule has 1 aromatic heterocycles. The smallest absolute Gasteiger partial charge is 0.255 e. The number of aromatic nitrogens is 1. The Bertz CT molecular complexity index is 1180. The van der Waals surface area contributed by atoms with Crippen LogP contribution in [0.5, 0.6) is 0 Å². The summed E-state index contributed by atoms with van der Waals surface area (Å²) in [5, 5.41) is 5.34. The van der Waals surface area contributed by atoms with Crippen molar-refractivity contribution in [2.75, 3.05) is 11.1 Å². The Morgan fingerprint density at radius 2 is 1.83 bits per heavy atom. The maximum absolute atomic E-state index is 12.7. The highest BCUT2D eigenvalue weighted by atomic mass is 32.2. The number of carbonyl (C=O) groups excluding carboxylic acids is 1. The molecule has 1 unspecified atom stereocenters. The van der Waals surface area contributed by atoms with Gasteiger partial charge < -0.3 is 11.1 Å². The van der Waals surface area contributed by atoms with E-state index in [1.165, 1.54) is 0 Å². The third kappa shape index (κ3) is 4.41. The van der Waals surface area contributed by atoms with Crippen LogP contribution in [0, 0.1) is 0 Å². The summed E-state index contributed by atoms with van der Waals surface area (Å²) in [7, 11) is 0. The van der Waals surface area contributed by atoms with Crippen LogP contribution in [0.2, 0.25) is 0 Å². The number of thioether (sulfide) groups is 1. The van der Waals surface area contributed by atoms with Gasteiger partial charge in [-0.05, 0) is 53.6 Å². The molecular weight excluding hydrogens is 378 g/mol. The van der Waals surface area contributed by atoms with Gasteiger partial charge in [0.15, 0.2) is 0 Å². The molecule has 4 nitrogen and oxygen atoms in total. The Balaban J connectivity index is 1.50. The lowest BCUT2D eigenvalue weighted by Gasteiger charge is -2.14. The largest absolute Gasteiger partial charge is 0.398 e. The number of fused-ring (bicyclic) bond motifs is 1. The van der Waals surface area contributed by atoms with Gasteiger partial charge in [0.2, 0.25) is 0 Å². The molecule has 3 N–H and O–H groups in total. The first-order chi connectivity index (χ1) is 14.1. The van der Waals surface area contributed by atoms with Crippen LogP contribution in [0.4, 0.5) is 11.4 Å². The Morgan fingerprint density at radius 1 is 1.00 bits per heavy atom. The lowest BCUT2D eigenvalue weighted by molar-refractivity contribution is 0.102. The highest BCUT2D eigenvalue weighted by Crippen LogP contribution is 2.37. The van der Waals surface area contributed by atoms with Crippen molar-refractivity contribution in [2.45, 2.75) is 17.1 Å². The van der Waals surface area contributed by atoms with Gasteiger partial charge in [-0.25, -0.2) is 0 Å². The number of carbonyl (C=O) groups is 1. The minimum atomic E-state index is -0.121. The van der Waals surface area contributed by atoms with Crippen molar-refractivity contribution in [3.63, 3.8) is 0 Å². The summed E-state index contributed by atoms with van der Waals surface area (Å²) in [5.41, 5.74) is 9.26. The summed E-state index contributed by atoms with van der Waals surface area (Å²) in [6, 6.07) is 23.5. The van der Waals surface area contributed by atoms with Gasteiger partial charge in [0, 0.05) is 39.5 Å². The molecule has 0 fully saturated rings. The number of rotatable bonds is 5. The predicted molar refractivity (Wildman–Crippen MR) is 121 cm³/mol. The fourth-order valence-electron chi connectivity index (χ4n) is 3.15. The summed E-state index contributed by atoms with van der Waals surface area (Å²) in [6.07, 6.45) is 3.47. The van der Waals surface area contributed by atoms with E-state index in [-0.39, 0.29) is 11.2 Å². The average Bonchev–Trinajstić information content (AvgIpc) is 2.75. The summed E-state index contributed by atoms with van der Waals surface area (Å²) < 4.78 is 0. The quantitative estimate of drug-likeness (QED) is 0.409. The zero-order valence-corrected chi connectivity index (χ0v) is 16.8. The molecule has 1 atom stereocenters. The molecule has 0 bridgehead atoms. The van der Waals surface area contributed by atoms with Gasteiger partial charge in [0.1, 0.15) is 0 Å². The molecular formula is C24H21N3OS. The lowest BCUT2D eigenvalue weighted by atomic mass is 10.1. The van der Waals surface area contributed by atoms with E-state index in [9.17, 15) is 4.79 Å². The Labute approximate surface area is 174 Å². The SMILES string of the molecule is CC(Sc1cnccc1N)c1cccc(NC(=O)c2ccc3ccccc3c2)c1. The molecule has 0 aliphatic carbocycles. The van der Waals surface area contributed by atoms with E-state index >= 15 is 0 Å². The number of benzene rings is 3. The van der Waals surface area contributed by atoms with Gasteiger partial charge in [-0.1, -0.05) is 42.5 Å². The van der Waals surface area contributed by atoms with Gasteiger partial charge >= 0.3 is 0 Å². The van der Waals surface area contributed by atoms with E-state index < -0.39 is 0 Å². The molecule has 0 aliphatic rings. The highest BCUT2D eigenvalue weighted by Gasteiger charge is 2.12. The van der Waals surface area contributed by atoms with E-state index in [2.05, 4.69) is 23.3 Å². The van der Waals surface area contributed by atoms with Crippen molar-refractivity contribution < 1.29 is 4.79 Å². The molecule has 144 valence electrons. The molecule has 0 saturated carbocycles. The standard InChI is InChI=1S/C24H21N3OS/c1-16(29-23-15-26-12-11-22(23)25)18-7-4-8-21(14-18)27-24(28)20-10-9-17-5-2-3-6-19(17)13-20/h2-16H,1H3,(H2,25,26)(H,27,28). The summed E-state index contributed by atoms with van der Waals surface area (Å²) in [6.45, 7) is 2.11. The van der Waals surface area contributed by atoms with Crippen molar-refractivity contribution in [2.24, 2.45) is 0 Å². The number of hydrogen-bond donors (Lipinski definition) is 2. The average molecular weight is 400 g/mol. The molecule has 4 aromatic rings. The number of pyridine rings is 1. The molecule has 1 amide bonds. The van der Waals surface area contributed by atoms with Crippen LogP contribution < -0.4 is 11.1 Å². The second kappa shape index (κ2) is 8.37. The van der Waals surface area contributed by atoms with Gasteiger partial charge in [0.05, 0.1) is 0 Å². The number of anilines is 2. The Kier molecular flexibility index (Phi) is 5.49. The van der Waals surface area contributed by atoms with E-state index in [4.69, 9.17) is 5.73 Å². The van der Waals surface area contributed by atoms with Crippen LogP contribution in [-0.2, 0) is 0 Å². The molecule has 5 heteroatoms. The number of amides is 1. The maximum atomic E-state index is 12.7. The molecule has 3 aromatic carbocycles. The third-order valence-corrected chi connectivity index (χ3v) is 5.97. The lowest BCUT2D eigenvalue weighted by Crippen LogP contribution is -2.12. The Hall–Kier alpha value is -3.31. The summed E-state index contributed by atoms with van der Waals surface area (Å²) in [5.74, 6) is -0.121. The number of nitrogen functional groups attached to an aromatic ring is 1. The van der Waals surface area contributed by atoms with Gasteiger partial charge in [0.25, 0.3) is 5.91 Å². The third-order valence-electron chi connectivity index (χ3n) is 4.75. The molecule has 0 saturated heterocycles. The second-order valence-corrected chi connectivity index (χ2v) is 8.20. The molecule has 0 aliphatic heterocycles. The molecule has 0 spiro atoms. The molecule has 0 radical (unpaired) electrons. The normalized spacial score (nSPS) is 11.9. The van der Waals surface area contributed by atoms with Crippen molar-refractivity contribution >= 4 is 39.8 Å². The minimum absolute atomic E-state index is 0.121. The van der Waals surface area contributed by atoms with Crippen LogP contribution in [0.1, 0.15) is 28.1 Å². The minimum Gasteiger partial charge on any atom is -0.398 e. The topological polar surface area (TPSA) is 68.0 Å². The highest BCUT2D eigenvalue weighted by molar-refractivity contribution is 7.99. The van der Waals surface area contributed by atoms with Gasteiger partial charge in [-0.2, -0.15) is 0 Å². The van der Waals surface area contributed by atoms with Crippen LogP contribution >= 0.6 is 11.8 Å². The van der Waals surface area contributed by atoms with Crippen molar-refractivity contribution in [1.29, 1.82) is 0 Å². The first kappa shape index (κ1) is 19.0. The zero-order valence-electron chi connectivity index (χ0n) is 16.0. The molecule has 1 heterocycles. The fourth-order valence-corrected chi connectivity index (χ4v) is 4.14. The second-order valence-electron chi connectivity index (χ2n) is 6.82. The van der Waals surface area contributed by atoms with Crippen molar-refractivity contribution in [1.82, 2.24) is 4.98 Å². The molecule has 4 rings (SSSR count). The van der Waals surface area contributed by atoms with Crippen molar-refractivity contribution in [3.8, 4) is 0 Å². The van der Waals surface area contributed by atoms with Crippen LogP contribution in [0.15, 0.2) is 90.1 Å². The van der Waals surface area contributed by atoms with Crippen LogP contribution in [-0.4, -0.2) is 10.9 Å². The Morgan fingerprint density at radius 3 is 2.66 bits per heavy atom. The fraction of sp³-hybridized carbons (Fsp3) is 0.0833. The molecule has 29 heavy (non-hydrogen) atoms. The summed E-state index contributed by atoms with van der Waals surface area (Å²) in [4.78, 5) is 17.8. The number of hydrogen-bond acceptors (Lipinski definition) is 4. The first-order valence-electron chi connectivity index (χ1n) is 9.36. The summed E-state index contributed by atoms with van der Waals surface area (Å²) >= 11 is 1.65. The van der Waals surface area contributed by atoms with E-state index in [1.807, 2.05) is 60.7 Å². The van der Waals surface area contributed by atoms with Crippen LogP contribution in [0.3, 0.4) is 0 Å². The predicted octanol–water partition coefficient (Wildman–Crippen LogP) is 5.92. The monoisotopic (exact) mass is 399 g/mol. The zero-order chi connectivity index (χ0) is 20.2. The maximum Gasteiger partial charge on any atom is 0.255 e. The van der Waals surface area contributed by atoms with Gasteiger partial charge in [-0.3, -0.25) is 9.78 Å². The van der Waals surface area contributed by atoms with Crippen molar-refractivity contribution in [3.05, 3.63) is 96.3 Å². The number of nitrogens with zero attached hydrogens (tertiary/aromatic N) is 1. The van der Waals surface area contributed by atoms with Gasteiger partial charge in [-0.15, -0.1) is 11.8 Å². The van der Waals surface area contributed by atoms with E-state index in [0.717, 1.165) is 32.6 Å². The van der Waals surface area contributed by atoms with E-state index in [1.54, 1.807) is 30.2 Å².